The van der Waals surface area contributed by atoms with Gasteiger partial charge in [-0.15, -0.1) is 4.99 Å². The van der Waals surface area contributed by atoms with Gasteiger partial charge in [0.2, 0.25) is 11.1 Å². The van der Waals surface area contributed by atoms with Crippen LogP contribution in [0.5, 0.6) is 0 Å². The molecule has 0 aromatic rings. The number of aliphatic carboxylic acids is 1. The third kappa shape index (κ3) is 39.7. The van der Waals surface area contributed by atoms with Gasteiger partial charge in [0.1, 0.15) is 0 Å². The van der Waals surface area contributed by atoms with E-state index in [1.54, 1.807) is 13.8 Å². The Morgan fingerprint density at radius 1 is 1.06 bits per heavy atom. The highest BCUT2D eigenvalue weighted by Gasteiger charge is 2.14. The third-order valence-corrected chi connectivity index (χ3v) is 2.77. The Bertz CT molecular complexity index is 552. The van der Waals surface area contributed by atoms with Gasteiger partial charge in [0.05, 0.1) is 38.9 Å². The van der Waals surface area contributed by atoms with E-state index in [0.29, 0.717) is 0 Å². The molecule has 3 unspecified atom stereocenters. The number of hydrogen-bond donors (Lipinski definition) is 6. The highest BCUT2D eigenvalue weighted by molar-refractivity contribution is 7.80. The minimum absolute atomic E-state index is 0.0608. The number of ether oxygens (including phenoxy) is 3. The molecule has 0 amide bonds. The summed E-state index contributed by atoms with van der Waals surface area (Å²) in [4.78, 5) is 24.5. The molecule has 0 spiro atoms. The number of methoxy groups -OCH3 is 1. The molecule has 0 radical (unpaired) electrons. The van der Waals surface area contributed by atoms with Gasteiger partial charge in [-0.25, -0.2) is 4.21 Å². The van der Waals surface area contributed by atoms with Crippen molar-refractivity contribution >= 4 is 33.4 Å². The van der Waals surface area contributed by atoms with E-state index in [0.717, 1.165) is 7.11 Å². The summed E-state index contributed by atoms with van der Waals surface area (Å²) < 4.78 is 60.4. The SMILES string of the molecule is CC(COCN)C(=O)O.CO.COC(=O)C(C)COCS(=O)OOON.O=S(=O)(O)O. The van der Waals surface area contributed by atoms with E-state index in [1.807, 2.05) is 0 Å². The monoisotopic (exact) mass is 506 g/mol. The molecule has 19 heteroatoms. The summed E-state index contributed by atoms with van der Waals surface area (Å²) in [7, 11) is -2.40. The van der Waals surface area contributed by atoms with E-state index in [2.05, 4.69) is 29.7 Å². The first kappa shape index (κ1) is 37.0. The number of carbonyl (C=O) groups is 2. The molecular weight excluding hydrogens is 476 g/mol. The van der Waals surface area contributed by atoms with Gasteiger partial charge >= 0.3 is 22.3 Å². The third-order valence-electron chi connectivity index (χ3n) is 2.20. The Labute approximate surface area is 181 Å². The molecule has 3 atom stereocenters. The van der Waals surface area contributed by atoms with Gasteiger partial charge in [0, 0.05) is 7.11 Å². The van der Waals surface area contributed by atoms with Gasteiger partial charge in [-0.05, 0) is 18.9 Å². The van der Waals surface area contributed by atoms with Crippen LogP contribution in [0.4, 0.5) is 0 Å². The first-order valence-electron chi connectivity index (χ1n) is 7.69. The van der Waals surface area contributed by atoms with E-state index in [-0.39, 0.29) is 25.9 Å². The first-order valence-corrected chi connectivity index (χ1v) is 10.3. The molecule has 0 saturated heterocycles. The van der Waals surface area contributed by atoms with Crippen LogP contribution >= 0.6 is 0 Å². The van der Waals surface area contributed by atoms with Gasteiger partial charge in [-0.2, -0.15) is 14.3 Å². The molecule has 8 N–H and O–H groups in total. The second-order valence-corrected chi connectivity index (χ2v) is 6.55. The number of carbonyl (C=O) groups excluding carboxylic acids is 1. The molecule has 0 heterocycles. The molecule has 0 aliphatic carbocycles. The predicted molar refractivity (Wildman–Crippen MR) is 102 cm³/mol. The summed E-state index contributed by atoms with van der Waals surface area (Å²) in [5, 5.41) is 19.0. The van der Waals surface area contributed by atoms with Crippen molar-refractivity contribution < 1.29 is 70.1 Å². The zero-order chi connectivity index (χ0) is 25.5. The van der Waals surface area contributed by atoms with E-state index in [1.165, 1.54) is 7.11 Å². The van der Waals surface area contributed by atoms with Gasteiger partial charge in [0.15, 0.2) is 5.94 Å². The number of hydrogen-bond acceptors (Lipinski definition) is 14. The van der Waals surface area contributed by atoms with Crippen molar-refractivity contribution in [3.05, 3.63) is 0 Å². The van der Waals surface area contributed by atoms with Crippen LogP contribution in [0, 0.1) is 11.8 Å². The van der Waals surface area contributed by atoms with Crippen molar-refractivity contribution in [1.82, 2.24) is 0 Å². The molecule has 190 valence electrons. The second kappa shape index (κ2) is 24.9. The lowest BCUT2D eigenvalue weighted by atomic mass is 10.2. The molecule has 0 rings (SSSR count). The standard InChI is InChI=1S/C6H13NO7S.C5H11NO3.CH4O.H2O4S/c1-5(6(8)10-2)3-11-4-15(9)14-13-12-7;1-4(5(7)8)2-9-3-6;1-2;1-5(2,3)4/h5H,3-4,7H2,1-2H3;4H,2-3,6H2,1H3,(H,7,8);2H,1H3;(H2,1,2,3,4). The molecule has 0 aromatic carbocycles. The molecule has 31 heavy (non-hydrogen) atoms. The van der Waals surface area contributed by atoms with Crippen LogP contribution in [0.15, 0.2) is 0 Å². The fourth-order valence-electron chi connectivity index (χ4n) is 0.945. The average Bonchev–Trinajstić information content (AvgIpc) is 2.70. The van der Waals surface area contributed by atoms with Crippen LogP contribution in [-0.4, -0.2) is 84.0 Å². The maximum absolute atomic E-state index is 10.9. The van der Waals surface area contributed by atoms with Crippen LogP contribution < -0.4 is 11.6 Å². The summed E-state index contributed by atoms with van der Waals surface area (Å²) in [6, 6.07) is 0. The zero-order valence-electron chi connectivity index (χ0n) is 17.2. The summed E-state index contributed by atoms with van der Waals surface area (Å²) >= 11 is -1.85. The van der Waals surface area contributed by atoms with Crippen LogP contribution in [0.1, 0.15) is 13.8 Å². The van der Waals surface area contributed by atoms with Gasteiger partial charge < -0.3 is 30.2 Å². The van der Waals surface area contributed by atoms with Crippen molar-refractivity contribution in [2.45, 2.75) is 13.8 Å². The maximum atomic E-state index is 10.9. The lowest BCUT2D eigenvalue weighted by molar-refractivity contribution is -0.467. The molecule has 0 bridgehead atoms. The number of carboxylic acids is 1. The topological polar surface area (TPSA) is 274 Å². The zero-order valence-corrected chi connectivity index (χ0v) is 18.9. The average molecular weight is 507 g/mol. The van der Waals surface area contributed by atoms with Gasteiger partial charge in [0.25, 0.3) is 0 Å². The smallest absolute Gasteiger partial charge is 0.394 e. The Hall–Kier alpha value is -1.36. The predicted octanol–water partition coefficient (Wildman–Crippen LogP) is -2.22. The van der Waals surface area contributed by atoms with Gasteiger partial charge in [-0.1, -0.05) is 4.33 Å². The second-order valence-electron chi connectivity index (χ2n) is 4.67. The number of carboxylic acid groups (broad SMARTS) is 1. The maximum Gasteiger partial charge on any atom is 0.394 e. The molecule has 0 aliphatic heterocycles. The van der Waals surface area contributed by atoms with Crippen LogP contribution in [0.3, 0.4) is 0 Å². The number of aliphatic hydroxyl groups excluding tert-OH is 1. The quantitative estimate of drug-likeness (QED) is 0.0537. The van der Waals surface area contributed by atoms with Crippen LogP contribution in [-0.2, 0) is 59.6 Å². The first-order chi connectivity index (χ1) is 14.3. The van der Waals surface area contributed by atoms with Crippen molar-refractivity contribution in [2.24, 2.45) is 23.5 Å². The van der Waals surface area contributed by atoms with Crippen LogP contribution in [0.25, 0.3) is 0 Å². The summed E-state index contributed by atoms with van der Waals surface area (Å²) in [5.74, 6) is 1.97. The Balaban J connectivity index is -0.000000193. The van der Waals surface area contributed by atoms with E-state index in [4.69, 9.17) is 38.2 Å². The fourth-order valence-corrected chi connectivity index (χ4v) is 1.31. The highest BCUT2D eigenvalue weighted by Crippen LogP contribution is 1.99. The lowest BCUT2D eigenvalue weighted by Crippen LogP contribution is -2.20. The highest BCUT2D eigenvalue weighted by atomic mass is 32.3. The number of rotatable bonds is 12. The lowest BCUT2D eigenvalue weighted by Gasteiger charge is -2.08. The van der Waals surface area contributed by atoms with Crippen molar-refractivity contribution in [2.75, 3.05) is 40.1 Å². The Kier molecular flexibility index (Phi) is 29.7. The summed E-state index contributed by atoms with van der Waals surface area (Å²) in [5.41, 5.74) is 4.96. The number of nitrogens with two attached hydrogens (primary N) is 2. The molecule has 0 saturated carbocycles. The van der Waals surface area contributed by atoms with Gasteiger partial charge in [-0.3, -0.25) is 18.7 Å². The van der Waals surface area contributed by atoms with Crippen molar-refractivity contribution in [3.8, 4) is 0 Å². The molecular formula is C12H30N2O15S2. The van der Waals surface area contributed by atoms with Crippen LogP contribution in [0.2, 0.25) is 0 Å². The molecule has 0 fully saturated rings. The minimum atomic E-state index is -4.67. The van der Waals surface area contributed by atoms with Crippen molar-refractivity contribution in [3.63, 3.8) is 0 Å². The Morgan fingerprint density at radius 2 is 1.52 bits per heavy atom. The molecule has 17 nitrogen and oxygen atoms in total. The summed E-state index contributed by atoms with van der Waals surface area (Å²) in [6.45, 7) is 3.50. The van der Waals surface area contributed by atoms with Crippen molar-refractivity contribution in [1.29, 1.82) is 0 Å². The van der Waals surface area contributed by atoms with E-state index >= 15 is 0 Å². The fraction of sp³-hybridized carbons (Fsp3) is 0.833. The number of esters is 1. The van der Waals surface area contributed by atoms with E-state index in [9.17, 15) is 13.8 Å². The normalized spacial score (nSPS) is 12.9. The summed E-state index contributed by atoms with van der Waals surface area (Å²) in [6.07, 6.45) is 0. The molecule has 0 aromatic heterocycles. The largest absolute Gasteiger partial charge is 0.481 e. The minimum Gasteiger partial charge on any atom is -0.481 e. The van der Waals surface area contributed by atoms with E-state index < -0.39 is 45.3 Å². The Morgan fingerprint density at radius 3 is 1.87 bits per heavy atom. The molecule has 0 aliphatic rings. The number of aliphatic hydroxyl groups is 1.